The molecule has 0 aromatic heterocycles. The summed E-state index contributed by atoms with van der Waals surface area (Å²) in [7, 11) is 2.06. The fraction of sp³-hybridized carbons (Fsp3) is 0.444. The SMILES string of the molecule is Bc1ccc(CC2=CC(=N)NC(C)(CC(C)C)C(=O)C2)cc1. The van der Waals surface area contributed by atoms with Crippen LogP contribution in [-0.4, -0.2) is 25.0 Å². The highest BCUT2D eigenvalue weighted by atomic mass is 16.1. The normalized spacial score (nSPS) is 22.3. The van der Waals surface area contributed by atoms with Gasteiger partial charge in [0.1, 0.15) is 13.7 Å². The smallest absolute Gasteiger partial charge is 0.161 e. The van der Waals surface area contributed by atoms with E-state index in [9.17, 15) is 4.79 Å². The van der Waals surface area contributed by atoms with Crippen molar-refractivity contribution in [2.75, 3.05) is 0 Å². The van der Waals surface area contributed by atoms with Crippen molar-refractivity contribution in [2.45, 2.75) is 45.6 Å². The highest BCUT2D eigenvalue weighted by Crippen LogP contribution is 2.25. The summed E-state index contributed by atoms with van der Waals surface area (Å²) in [4.78, 5) is 12.7. The standard InChI is InChI=1S/C18H25BN2O/c1-12(2)11-18(3)16(22)9-14(10-17(20)21-18)8-13-4-6-15(19)7-5-13/h4-7,10,12H,8-9,11,19H2,1-3H3,(H2,20,21). The van der Waals surface area contributed by atoms with Crippen LogP contribution in [0.5, 0.6) is 0 Å². The van der Waals surface area contributed by atoms with Crippen molar-refractivity contribution in [2.24, 2.45) is 5.92 Å². The first kappa shape index (κ1) is 16.5. The molecule has 0 amide bonds. The zero-order valence-electron chi connectivity index (χ0n) is 14.0. The minimum Gasteiger partial charge on any atom is -0.358 e. The maximum Gasteiger partial charge on any atom is 0.161 e. The number of hydrogen-bond donors (Lipinski definition) is 2. The Balaban J connectivity index is 2.16. The van der Waals surface area contributed by atoms with Gasteiger partial charge >= 0.3 is 0 Å². The Kier molecular flexibility index (Phi) is 4.89. The van der Waals surface area contributed by atoms with E-state index in [0.29, 0.717) is 18.2 Å². The average molecular weight is 296 g/mol. The number of nitrogens with one attached hydrogen (secondary N) is 2. The van der Waals surface area contributed by atoms with E-state index < -0.39 is 5.54 Å². The van der Waals surface area contributed by atoms with Gasteiger partial charge in [0.15, 0.2) is 5.78 Å². The summed E-state index contributed by atoms with van der Waals surface area (Å²) in [5, 5.41) is 11.2. The van der Waals surface area contributed by atoms with Gasteiger partial charge in [-0.1, -0.05) is 49.1 Å². The summed E-state index contributed by atoms with van der Waals surface area (Å²) in [6, 6.07) is 8.35. The Hall–Kier alpha value is -1.84. The first-order valence-corrected chi connectivity index (χ1v) is 7.93. The maximum absolute atomic E-state index is 12.7. The van der Waals surface area contributed by atoms with Crippen LogP contribution in [-0.2, 0) is 11.2 Å². The predicted octanol–water partition coefficient (Wildman–Crippen LogP) is 1.76. The van der Waals surface area contributed by atoms with Crippen molar-refractivity contribution in [3.05, 3.63) is 41.5 Å². The third kappa shape index (κ3) is 4.09. The second kappa shape index (κ2) is 6.51. The van der Waals surface area contributed by atoms with Crippen molar-refractivity contribution in [1.29, 1.82) is 5.41 Å². The molecule has 0 saturated carbocycles. The van der Waals surface area contributed by atoms with E-state index >= 15 is 0 Å². The Morgan fingerprint density at radius 1 is 1.32 bits per heavy atom. The molecular formula is C18H25BN2O. The number of rotatable bonds is 4. The monoisotopic (exact) mass is 296 g/mol. The fourth-order valence-electron chi connectivity index (χ4n) is 3.12. The summed E-state index contributed by atoms with van der Waals surface area (Å²) in [6.45, 7) is 6.14. The summed E-state index contributed by atoms with van der Waals surface area (Å²) in [5.74, 6) is 0.936. The Bertz CT molecular complexity index is 604. The van der Waals surface area contributed by atoms with Crippen molar-refractivity contribution in [1.82, 2.24) is 5.32 Å². The molecule has 1 aromatic rings. The van der Waals surface area contributed by atoms with Crippen molar-refractivity contribution in [3.8, 4) is 0 Å². The lowest BCUT2D eigenvalue weighted by atomic mass is 9.84. The van der Waals surface area contributed by atoms with Gasteiger partial charge in [0.2, 0.25) is 0 Å². The second-order valence-corrected chi connectivity index (χ2v) is 7.03. The highest BCUT2D eigenvalue weighted by Gasteiger charge is 2.36. The minimum absolute atomic E-state index is 0.182. The molecule has 0 radical (unpaired) electrons. The number of amidine groups is 1. The van der Waals surface area contributed by atoms with E-state index in [0.717, 1.165) is 18.4 Å². The van der Waals surface area contributed by atoms with Crippen LogP contribution in [0.25, 0.3) is 0 Å². The summed E-state index contributed by atoms with van der Waals surface area (Å²) < 4.78 is 0. The van der Waals surface area contributed by atoms with Gasteiger partial charge in [-0.2, -0.15) is 0 Å². The van der Waals surface area contributed by atoms with Crippen LogP contribution >= 0.6 is 0 Å². The quantitative estimate of drug-likeness (QED) is 0.832. The van der Waals surface area contributed by atoms with Crippen LogP contribution < -0.4 is 10.8 Å². The molecule has 22 heavy (non-hydrogen) atoms. The molecule has 1 unspecified atom stereocenters. The molecule has 0 spiro atoms. The Labute approximate surface area is 134 Å². The molecule has 1 heterocycles. The van der Waals surface area contributed by atoms with Gasteiger partial charge in [0.25, 0.3) is 0 Å². The van der Waals surface area contributed by atoms with E-state index in [1.807, 2.05) is 13.0 Å². The molecule has 0 bridgehead atoms. The largest absolute Gasteiger partial charge is 0.358 e. The lowest BCUT2D eigenvalue weighted by Crippen LogP contribution is -2.51. The number of allylic oxidation sites excluding steroid dienone is 1. The van der Waals surface area contributed by atoms with Gasteiger partial charge in [0.05, 0.1) is 5.54 Å². The van der Waals surface area contributed by atoms with Crippen LogP contribution in [0.1, 0.15) is 39.2 Å². The molecule has 1 atom stereocenters. The first-order valence-electron chi connectivity index (χ1n) is 7.93. The first-order chi connectivity index (χ1) is 10.3. The maximum atomic E-state index is 12.7. The van der Waals surface area contributed by atoms with E-state index in [1.165, 1.54) is 11.0 Å². The molecule has 3 nitrogen and oxygen atoms in total. The van der Waals surface area contributed by atoms with Gasteiger partial charge < -0.3 is 5.32 Å². The molecule has 4 heteroatoms. The number of benzene rings is 1. The van der Waals surface area contributed by atoms with E-state index in [1.54, 1.807) is 0 Å². The molecule has 1 aliphatic heterocycles. The summed E-state index contributed by atoms with van der Waals surface area (Å²) in [6.07, 6.45) is 3.73. The minimum atomic E-state index is -0.628. The molecule has 2 rings (SSSR count). The number of carbonyl (C=O) groups is 1. The average Bonchev–Trinajstić information content (AvgIpc) is 2.48. The lowest BCUT2D eigenvalue weighted by molar-refractivity contribution is -0.124. The van der Waals surface area contributed by atoms with Crippen LogP contribution in [0, 0.1) is 11.3 Å². The molecule has 116 valence electrons. The third-order valence-electron chi connectivity index (χ3n) is 4.13. The van der Waals surface area contributed by atoms with E-state index in [-0.39, 0.29) is 5.78 Å². The molecular weight excluding hydrogens is 271 g/mol. The summed E-state index contributed by atoms with van der Waals surface area (Å²) in [5.41, 5.74) is 2.80. The zero-order valence-corrected chi connectivity index (χ0v) is 14.0. The Morgan fingerprint density at radius 2 is 1.95 bits per heavy atom. The second-order valence-electron chi connectivity index (χ2n) is 7.03. The number of ketones is 1. The number of Topliss-reactive ketones (excluding diaryl/α,β-unsaturated/α-hetero) is 1. The van der Waals surface area contributed by atoms with Crippen LogP contribution in [0.3, 0.4) is 0 Å². The molecule has 0 aliphatic carbocycles. The van der Waals surface area contributed by atoms with Crippen LogP contribution in [0.4, 0.5) is 0 Å². The van der Waals surface area contributed by atoms with Gasteiger partial charge in [0, 0.05) is 6.42 Å². The van der Waals surface area contributed by atoms with Crippen molar-refractivity contribution >= 4 is 24.9 Å². The van der Waals surface area contributed by atoms with E-state index in [4.69, 9.17) is 5.41 Å². The van der Waals surface area contributed by atoms with Crippen molar-refractivity contribution < 1.29 is 4.79 Å². The number of hydrogen-bond acceptors (Lipinski definition) is 2. The van der Waals surface area contributed by atoms with Gasteiger partial charge in [-0.25, -0.2) is 0 Å². The van der Waals surface area contributed by atoms with Crippen LogP contribution in [0.15, 0.2) is 35.9 Å². The zero-order chi connectivity index (χ0) is 16.3. The van der Waals surface area contributed by atoms with Crippen molar-refractivity contribution in [3.63, 3.8) is 0 Å². The fourth-order valence-corrected chi connectivity index (χ4v) is 3.12. The number of carbonyl (C=O) groups excluding carboxylic acids is 1. The highest BCUT2D eigenvalue weighted by molar-refractivity contribution is 6.32. The van der Waals surface area contributed by atoms with E-state index in [2.05, 4.69) is 51.3 Å². The summed E-state index contributed by atoms with van der Waals surface area (Å²) >= 11 is 0. The molecule has 1 aliphatic rings. The van der Waals surface area contributed by atoms with Gasteiger partial charge in [-0.15, -0.1) is 0 Å². The molecule has 1 aromatic carbocycles. The Morgan fingerprint density at radius 3 is 2.55 bits per heavy atom. The molecule has 0 saturated heterocycles. The third-order valence-corrected chi connectivity index (χ3v) is 4.13. The van der Waals surface area contributed by atoms with Crippen LogP contribution in [0.2, 0.25) is 0 Å². The van der Waals surface area contributed by atoms with Gasteiger partial charge in [-0.05, 0) is 37.3 Å². The lowest BCUT2D eigenvalue weighted by Gasteiger charge is -2.30. The predicted molar refractivity (Wildman–Crippen MR) is 94.8 cm³/mol. The molecule has 2 N–H and O–H groups in total. The van der Waals surface area contributed by atoms with Gasteiger partial charge in [-0.3, -0.25) is 10.2 Å². The molecule has 0 fully saturated rings. The topological polar surface area (TPSA) is 53.0 Å².